The van der Waals surface area contributed by atoms with Crippen LogP contribution in [0.4, 0.5) is 22.0 Å². The van der Waals surface area contributed by atoms with Gasteiger partial charge in [0.15, 0.2) is 17.5 Å². The maximum atomic E-state index is 13.9. The Bertz CT molecular complexity index is 3620. The molecule has 3 aromatic carbocycles. The average molecular weight is 1040 g/mol. The van der Waals surface area contributed by atoms with E-state index in [1.807, 2.05) is 58.0 Å². The molecule has 0 fully saturated rings. The number of alkyl halides is 3. The Morgan fingerprint density at radius 2 is 1.11 bits per heavy atom. The van der Waals surface area contributed by atoms with Gasteiger partial charge in [0, 0.05) is 64.2 Å². The van der Waals surface area contributed by atoms with Crippen molar-refractivity contribution < 1.29 is 31.5 Å². The molecule has 0 atom stereocenters. The van der Waals surface area contributed by atoms with Crippen molar-refractivity contribution in [3.05, 3.63) is 183 Å². The lowest BCUT2D eigenvalue weighted by molar-refractivity contribution is -0.137. The van der Waals surface area contributed by atoms with Crippen molar-refractivity contribution in [2.24, 2.45) is 11.5 Å². The molecule has 6 heterocycles. The first-order chi connectivity index (χ1) is 35.7. The highest BCUT2D eigenvalue weighted by Crippen LogP contribution is 2.33. The predicted octanol–water partition coefficient (Wildman–Crippen LogP) is 9.41. The van der Waals surface area contributed by atoms with Crippen molar-refractivity contribution in [1.29, 1.82) is 5.26 Å². The average Bonchev–Trinajstić information content (AvgIpc) is 4.21. The van der Waals surface area contributed by atoms with Crippen molar-refractivity contribution in [1.82, 2.24) is 59.2 Å². The predicted molar refractivity (Wildman–Crippen MR) is 272 cm³/mol. The van der Waals surface area contributed by atoms with Gasteiger partial charge in [0.2, 0.25) is 11.9 Å². The van der Waals surface area contributed by atoms with Gasteiger partial charge < -0.3 is 11.5 Å². The molecule has 0 spiro atoms. The van der Waals surface area contributed by atoms with E-state index in [0.29, 0.717) is 27.8 Å². The highest BCUT2D eigenvalue weighted by atomic mass is 32.1. The highest BCUT2D eigenvalue weighted by molar-refractivity contribution is 7.10. The van der Waals surface area contributed by atoms with E-state index in [1.165, 1.54) is 93.6 Å². The molecule has 0 radical (unpaired) electrons. The van der Waals surface area contributed by atoms with Gasteiger partial charge in [-0.1, -0.05) is 34.4 Å². The minimum atomic E-state index is -4.44. The molecule has 0 aliphatic heterocycles. The number of nitriles is 1. The summed E-state index contributed by atoms with van der Waals surface area (Å²) in [5.74, 6) is -1.69. The third kappa shape index (κ3) is 14.0. The number of aryl methyl sites for hydroxylation is 5. The molecule has 0 saturated heterocycles. The Morgan fingerprint density at radius 1 is 0.613 bits per heavy atom. The second-order valence-corrected chi connectivity index (χ2v) is 17.4. The fourth-order valence-electron chi connectivity index (χ4n) is 7.24. The number of nitrogens with two attached hydrogens (primary N) is 2. The first-order valence-corrected chi connectivity index (χ1v) is 23.0. The van der Waals surface area contributed by atoms with Crippen LogP contribution in [0.25, 0.3) is 69.5 Å². The largest absolute Gasteiger partial charge is 0.416 e. The topological polar surface area (TPSA) is 241 Å². The summed E-state index contributed by atoms with van der Waals surface area (Å²) in [6.45, 7) is 9.56. The van der Waals surface area contributed by atoms with Gasteiger partial charge in [0.1, 0.15) is 35.6 Å². The fraction of sp³-hybridized carbons (Fsp3) is 0.115. The first kappa shape index (κ1) is 53.1. The summed E-state index contributed by atoms with van der Waals surface area (Å²) in [6.07, 6.45) is 8.12. The van der Waals surface area contributed by atoms with E-state index in [0.717, 1.165) is 51.6 Å². The number of primary amides is 2. The van der Waals surface area contributed by atoms with Crippen molar-refractivity contribution in [3.63, 3.8) is 0 Å². The minimum Gasteiger partial charge on any atom is -0.366 e. The number of benzene rings is 3. The molecule has 23 heteroatoms. The standard InChI is InChI=1S/2C18H16FN5O.C16H10F3N5S/c1-11-5-12(2)7-14(6-11)18-22-10-24(23-18)9-15(17(20)25)13-3-4-16(19)21-8-13;1-11-6-12(2)8-13(7-11)18-22-10-24(23-18)9-15(17(20)25)14-4-3-5-21-16(14)19;1-10-4-11(6-13(5-10)16(17,18)19)14-22-9-24(23-14)8-12(7-20)15-21-2-3-25-15/h2*3-10H,1-2H3,(H2,20,25);2-6,8-9H,1H3/b2*15-9-;12-8-. The summed E-state index contributed by atoms with van der Waals surface area (Å²) in [5.41, 5.74) is 17.7. The second kappa shape index (κ2) is 23.2. The lowest BCUT2D eigenvalue weighted by Gasteiger charge is -2.09. The number of allylic oxidation sites excluding steroid dienone is 1. The summed E-state index contributed by atoms with van der Waals surface area (Å²) in [4.78, 5) is 47.1. The Morgan fingerprint density at radius 3 is 1.55 bits per heavy atom. The van der Waals surface area contributed by atoms with Gasteiger partial charge in [-0.2, -0.15) is 27.2 Å². The minimum absolute atomic E-state index is 0.0125. The number of pyridine rings is 2. The normalized spacial score (nSPS) is 11.8. The number of carbonyl (C=O) groups excluding carboxylic acids is 2. The van der Waals surface area contributed by atoms with Gasteiger partial charge in [-0.25, -0.2) is 43.9 Å². The van der Waals surface area contributed by atoms with E-state index in [4.69, 9.17) is 11.5 Å². The zero-order chi connectivity index (χ0) is 54.0. The van der Waals surface area contributed by atoms with Crippen LogP contribution in [0.2, 0.25) is 0 Å². The lowest BCUT2D eigenvalue weighted by Crippen LogP contribution is -2.15. The number of halogens is 5. The maximum Gasteiger partial charge on any atom is 0.416 e. The van der Waals surface area contributed by atoms with Crippen LogP contribution in [-0.4, -0.2) is 71.1 Å². The highest BCUT2D eigenvalue weighted by Gasteiger charge is 2.31. The molecule has 0 aliphatic rings. The van der Waals surface area contributed by atoms with Gasteiger partial charge in [0.05, 0.1) is 22.9 Å². The van der Waals surface area contributed by atoms with Crippen LogP contribution in [0.3, 0.4) is 0 Å². The molecule has 0 aliphatic carbocycles. The molecule has 0 unspecified atom stereocenters. The fourth-order valence-corrected chi connectivity index (χ4v) is 7.84. The van der Waals surface area contributed by atoms with Crippen molar-refractivity contribution in [2.75, 3.05) is 0 Å². The van der Waals surface area contributed by atoms with Gasteiger partial charge in [-0.3, -0.25) is 9.59 Å². The van der Waals surface area contributed by atoms with E-state index >= 15 is 0 Å². The Kier molecular flexibility index (Phi) is 16.5. The van der Waals surface area contributed by atoms with E-state index in [-0.39, 0.29) is 33.7 Å². The van der Waals surface area contributed by atoms with Crippen LogP contribution in [0.5, 0.6) is 0 Å². The lowest BCUT2D eigenvalue weighted by atomic mass is 10.1. The molecule has 0 saturated carbocycles. The Balaban J connectivity index is 0.000000164. The molecule has 6 aromatic heterocycles. The van der Waals surface area contributed by atoms with Gasteiger partial charge in [0.25, 0.3) is 11.8 Å². The van der Waals surface area contributed by atoms with Crippen LogP contribution in [0.1, 0.15) is 49.5 Å². The monoisotopic (exact) mass is 1040 g/mol. The summed E-state index contributed by atoms with van der Waals surface area (Å²) in [5, 5.41) is 24.3. The number of thiazole rings is 1. The van der Waals surface area contributed by atoms with E-state index < -0.39 is 35.4 Å². The summed E-state index contributed by atoms with van der Waals surface area (Å²) in [6, 6.07) is 23.2. The van der Waals surface area contributed by atoms with Crippen molar-refractivity contribution >= 4 is 58.5 Å². The zero-order valence-corrected chi connectivity index (χ0v) is 41.2. The van der Waals surface area contributed by atoms with E-state index in [1.54, 1.807) is 24.6 Å². The van der Waals surface area contributed by atoms with Crippen LogP contribution in [0.15, 0.2) is 122 Å². The SMILES string of the molecule is Cc1cc(-c2ncn(/C=C(/C#N)c3nccs3)n2)cc(C(F)(F)F)c1.Cc1cc(C)cc(-c2ncn(/C=C(\C(N)=O)c3ccc(F)nc3)n2)c1.Cc1cc(C)cc(-c2ncn(/C=C(\C(N)=O)c3cccnc3F)n2)c1. The van der Waals surface area contributed by atoms with Gasteiger partial charge in [-0.15, -0.1) is 26.6 Å². The van der Waals surface area contributed by atoms with Crippen LogP contribution < -0.4 is 11.5 Å². The number of aromatic nitrogens is 12. The molecule has 75 heavy (non-hydrogen) atoms. The van der Waals surface area contributed by atoms with Crippen LogP contribution >= 0.6 is 11.3 Å². The summed E-state index contributed by atoms with van der Waals surface area (Å²) < 4.78 is 69.7. The maximum absolute atomic E-state index is 13.9. The number of nitrogens with zero attached hydrogens (tertiary/aromatic N) is 13. The number of rotatable bonds is 11. The first-order valence-electron chi connectivity index (χ1n) is 22.1. The quantitative estimate of drug-likeness (QED) is 0.0533. The van der Waals surface area contributed by atoms with Gasteiger partial charge >= 0.3 is 6.18 Å². The molecule has 4 N–H and O–H groups in total. The van der Waals surface area contributed by atoms with Gasteiger partial charge in [-0.05, 0) is 107 Å². The summed E-state index contributed by atoms with van der Waals surface area (Å²) in [7, 11) is 0. The Hall–Kier alpha value is -9.69. The molecule has 9 rings (SSSR count). The third-order valence-electron chi connectivity index (χ3n) is 10.3. The zero-order valence-electron chi connectivity index (χ0n) is 40.4. The molecule has 2 amide bonds. The molecular formula is C52H42F5N15O2S. The number of amides is 2. The van der Waals surface area contributed by atoms with Crippen LogP contribution in [-0.2, 0) is 15.8 Å². The van der Waals surface area contributed by atoms with Crippen molar-refractivity contribution in [3.8, 4) is 40.2 Å². The molecule has 9 aromatic rings. The smallest absolute Gasteiger partial charge is 0.366 e. The second-order valence-electron chi connectivity index (χ2n) is 16.5. The third-order valence-corrected chi connectivity index (χ3v) is 11.1. The van der Waals surface area contributed by atoms with Crippen LogP contribution in [0, 0.1) is 57.8 Å². The van der Waals surface area contributed by atoms with E-state index in [2.05, 4.69) is 57.3 Å². The number of hydrogen-bond donors (Lipinski definition) is 2. The Labute approximate surface area is 428 Å². The number of carbonyl (C=O) groups is 2. The molecule has 0 bridgehead atoms. The van der Waals surface area contributed by atoms with Crippen molar-refractivity contribution in [2.45, 2.75) is 40.8 Å². The summed E-state index contributed by atoms with van der Waals surface area (Å²) >= 11 is 1.30. The molecular weight excluding hydrogens is 994 g/mol. The van der Waals surface area contributed by atoms with E-state index in [9.17, 15) is 36.8 Å². The molecule has 378 valence electrons. The molecule has 17 nitrogen and oxygen atoms in total. The number of hydrogen-bond acceptors (Lipinski definition) is 13.